The van der Waals surface area contributed by atoms with Crippen LogP contribution in [0.4, 0.5) is 0 Å². The first-order valence-electron chi connectivity index (χ1n) is 7.98. The predicted molar refractivity (Wildman–Crippen MR) is 102 cm³/mol. The number of hydrogen-bond donors (Lipinski definition) is 0. The van der Waals surface area contributed by atoms with Gasteiger partial charge in [0.05, 0.1) is 16.1 Å². The van der Waals surface area contributed by atoms with Crippen molar-refractivity contribution >= 4 is 32.6 Å². The number of pyridine rings is 1. The number of ether oxygens (including phenoxy) is 2. The summed E-state index contributed by atoms with van der Waals surface area (Å²) in [6.07, 6.45) is 0.102. The lowest BCUT2D eigenvalue weighted by molar-refractivity contribution is 0.101. The van der Waals surface area contributed by atoms with Gasteiger partial charge in [-0.2, -0.15) is 0 Å². The highest BCUT2D eigenvalue weighted by atomic mass is 79.9. The Morgan fingerprint density at radius 2 is 1.88 bits per heavy atom. The van der Waals surface area contributed by atoms with Crippen LogP contribution in [0.5, 0.6) is 17.4 Å². The summed E-state index contributed by atoms with van der Waals surface area (Å²) in [7, 11) is 0. The zero-order valence-electron chi connectivity index (χ0n) is 14.2. The molecule has 0 fully saturated rings. The van der Waals surface area contributed by atoms with Crippen LogP contribution in [0.25, 0.3) is 10.9 Å². The summed E-state index contributed by atoms with van der Waals surface area (Å²) in [4.78, 5) is 16.0. The predicted octanol–water partition coefficient (Wildman–Crippen LogP) is 5.78. The maximum atomic E-state index is 11.5. The van der Waals surface area contributed by atoms with E-state index in [1.165, 1.54) is 0 Å². The number of carbonyl (C=O) groups excluding carboxylic acids is 1. The highest BCUT2D eigenvalue weighted by Gasteiger charge is 2.08. The third-order valence-corrected chi connectivity index (χ3v) is 4.18. The molecule has 0 atom stereocenters. The lowest BCUT2D eigenvalue weighted by Gasteiger charge is -2.13. The molecule has 0 bridgehead atoms. The monoisotopic (exact) mass is 399 g/mol. The molecule has 0 unspecified atom stereocenters. The molecule has 3 aromatic rings. The van der Waals surface area contributed by atoms with Gasteiger partial charge in [-0.05, 0) is 79.2 Å². The topological polar surface area (TPSA) is 48.4 Å². The van der Waals surface area contributed by atoms with Gasteiger partial charge in [0.1, 0.15) is 11.5 Å². The molecule has 0 saturated heterocycles. The van der Waals surface area contributed by atoms with Crippen molar-refractivity contribution in [2.24, 2.45) is 0 Å². The second-order valence-electron chi connectivity index (χ2n) is 5.97. The Morgan fingerprint density at radius 3 is 2.56 bits per heavy atom. The summed E-state index contributed by atoms with van der Waals surface area (Å²) in [5.74, 6) is 1.96. The molecule has 0 N–H and O–H groups in total. The van der Waals surface area contributed by atoms with Gasteiger partial charge in [0.2, 0.25) is 5.88 Å². The van der Waals surface area contributed by atoms with Crippen LogP contribution in [0.1, 0.15) is 31.1 Å². The Hall–Kier alpha value is -2.40. The maximum Gasteiger partial charge on any atom is 0.219 e. The second-order valence-corrected chi connectivity index (χ2v) is 6.83. The highest BCUT2D eigenvalue weighted by Crippen LogP contribution is 2.32. The van der Waals surface area contributed by atoms with E-state index >= 15 is 0 Å². The molecule has 1 heterocycles. The number of ketones is 1. The van der Waals surface area contributed by atoms with E-state index in [0.29, 0.717) is 17.2 Å². The van der Waals surface area contributed by atoms with Crippen molar-refractivity contribution in [1.29, 1.82) is 0 Å². The third kappa shape index (κ3) is 4.17. The standard InChI is InChI=1S/C20H18BrNO3/c1-12(2)24-19-8-6-16(11-17(19)21)25-20-9-5-15-10-14(13(3)23)4-7-18(15)22-20/h4-12H,1-3H3. The number of Topliss-reactive ketones (excluding diaryl/α,β-unsaturated/α-hetero) is 1. The van der Waals surface area contributed by atoms with Crippen molar-refractivity contribution in [2.45, 2.75) is 26.9 Å². The first-order valence-corrected chi connectivity index (χ1v) is 8.77. The number of aromatic nitrogens is 1. The number of nitrogens with zero attached hydrogens (tertiary/aromatic N) is 1. The van der Waals surface area contributed by atoms with Crippen LogP contribution in [-0.2, 0) is 0 Å². The molecule has 2 aromatic carbocycles. The molecule has 0 aliphatic heterocycles. The third-order valence-electron chi connectivity index (χ3n) is 3.56. The fourth-order valence-electron chi connectivity index (χ4n) is 2.40. The van der Waals surface area contributed by atoms with Gasteiger partial charge >= 0.3 is 0 Å². The first kappa shape index (κ1) is 17.4. The van der Waals surface area contributed by atoms with Gasteiger partial charge < -0.3 is 9.47 Å². The number of fused-ring (bicyclic) bond motifs is 1. The summed E-state index contributed by atoms with van der Waals surface area (Å²) in [5.41, 5.74) is 1.45. The van der Waals surface area contributed by atoms with Crippen molar-refractivity contribution in [3.8, 4) is 17.4 Å². The quantitative estimate of drug-likeness (QED) is 0.510. The van der Waals surface area contributed by atoms with Crippen LogP contribution in [0.2, 0.25) is 0 Å². The molecule has 128 valence electrons. The fourth-order valence-corrected chi connectivity index (χ4v) is 2.85. The zero-order valence-corrected chi connectivity index (χ0v) is 15.8. The average molecular weight is 400 g/mol. The van der Waals surface area contributed by atoms with Crippen molar-refractivity contribution in [3.63, 3.8) is 0 Å². The van der Waals surface area contributed by atoms with Gasteiger partial charge in [-0.15, -0.1) is 0 Å². The van der Waals surface area contributed by atoms with Crippen LogP contribution in [0, 0.1) is 0 Å². The Balaban J connectivity index is 1.84. The van der Waals surface area contributed by atoms with E-state index in [9.17, 15) is 4.79 Å². The molecule has 5 heteroatoms. The second kappa shape index (κ2) is 7.23. The van der Waals surface area contributed by atoms with E-state index in [-0.39, 0.29) is 11.9 Å². The summed E-state index contributed by atoms with van der Waals surface area (Å²) in [6, 6.07) is 14.7. The van der Waals surface area contributed by atoms with Crippen molar-refractivity contribution in [2.75, 3.05) is 0 Å². The molecule has 0 saturated carbocycles. The summed E-state index contributed by atoms with van der Waals surface area (Å²) < 4.78 is 12.4. The highest BCUT2D eigenvalue weighted by molar-refractivity contribution is 9.10. The summed E-state index contributed by atoms with van der Waals surface area (Å²) >= 11 is 3.49. The van der Waals surface area contributed by atoms with E-state index in [1.54, 1.807) is 19.1 Å². The van der Waals surface area contributed by atoms with Gasteiger partial charge in [-0.1, -0.05) is 0 Å². The van der Waals surface area contributed by atoms with E-state index in [2.05, 4.69) is 20.9 Å². The Kier molecular flexibility index (Phi) is 5.04. The van der Waals surface area contributed by atoms with Crippen LogP contribution in [-0.4, -0.2) is 16.9 Å². The summed E-state index contributed by atoms with van der Waals surface area (Å²) in [6.45, 7) is 5.51. The minimum Gasteiger partial charge on any atom is -0.490 e. The normalized spacial score (nSPS) is 10.9. The van der Waals surface area contributed by atoms with Gasteiger partial charge in [-0.25, -0.2) is 4.98 Å². The number of carbonyl (C=O) groups is 1. The van der Waals surface area contributed by atoms with Crippen LogP contribution < -0.4 is 9.47 Å². The van der Waals surface area contributed by atoms with Crippen molar-refractivity contribution < 1.29 is 14.3 Å². The van der Waals surface area contributed by atoms with Crippen molar-refractivity contribution in [1.82, 2.24) is 4.98 Å². The van der Waals surface area contributed by atoms with Crippen LogP contribution >= 0.6 is 15.9 Å². The minimum atomic E-state index is 0.0378. The fraction of sp³-hybridized carbons (Fsp3) is 0.200. The molecule has 0 aliphatic rings. The summed E-state index contributed by atoms with van der Waals surface area (Å²) in [5, 5.41) is 0.905. The lowest BCUT2D eigenvalue weighted by Crippen LogP contribution is -2.05. The molecule has 0 radical (unpaired) electrons. The van der Waals surface area contributed by atoms with E-state index in [1.807, 2.05) is 50.2 Å². The Morgan fingerprint density at radius 1 is 1.08 bits per heavy atom. The molecule has 4 nitrogen and oxygen atoms in total. The molecule has 0 aliphatic carbocycles. The van der Waals surface area contributed by atoms with Gasteiger partial charge in [0.25, 0.3) is 0 Å². The largest absolute Gasteiger partial charge is 0.490 e. The maximum absolute atomic E-state index is 11.5. The Labute approximate surface area is 154 Å². The van der Waals surface area contributed by atoms with Crippen LogP contribution in [0.3, 0.4) is 0 Å². The van der Waals surface area contributed by atoms with Crippen molar-refractivity contribution in [3.05, 3.63) is 58.6 Å². The smallest absolute Gasteiger partial charge is 0.219 e. The Bertz CT molecular complexity index is 937. The van der Waals surface area contributed by atoms with E-state index < -0.39 is 0 Å². The SMILES string of the molecule is CC(=O)c1ccc2nc(Oc3ccc(OC(C)C)c(Br)c3)ccc2c1. The number of halogens is 1. The van der Waals surface area contributed by atoms with E-state index in [4.69, 9.17) is 9.47 Å². The molecule has 25 heavy (non-hydrogen) atoms. The molecule has 0 amide bonds. The van der Waals surface area contributed by atoms with Crippen LogP contribution in [0.15, 0.2) is 53.0 Å². The van der Waals surface area contributed by atoms with Gasteiger partial charge in [0, 0.05) is 17.0 Å². The minimum absolute atomic E-state index is 0.0378. The molecule has 3 rings (SSSR count). The lowest BCUT2D eigenvalue weighted by atomic mass is 10.1. The number of hydrogen-bond acceptors (Lipinski definition) is 4. The van der Waals surface area contributed by atoms with E-state index in [0.717, 1.165) is 21.1 Å². The molecular weight excluding hydrogens is 382 g/mol. The van der Waals surface area contributed by atoms with Gasteiger partial charge in [-0.3, -0.25) is 4.79 Å². The first-order chi connectivity index (χ1) is 11.9. The zero-order chi connectivity index (χ0) is 18.0. The molecular formula is C20H18BrNO3. The molecule has 0 spiro atoms. The number of benzene rings is 2. The molecule has 1 aromatic heterocycles. The average Bonchev–Trinajstić information content (AvgIpc) is 2.56. The van der Waals surface area contributed by atoms with Gasteiger partial charge in [0.15, 0.2) is 5.78 Å². The number of rotatable bonds is 5.